The number of aromatic nitrogens is 2. The van der Waals surface area contributed by atoms with Crippen LogP contribution in [-0.2, 0) is 19.3 Å². The number of rotatable bonds is 6. The van der Waals surface area contributed by atoms with Crippen molar-refractivity contribution in [1.82, 2.24) is 14.9 Å². The highest BCUT2D eigenvalue weighted by molar-refractivity contribution is 7.17. The number of aryl methyl sites for hydroxylation is 1. The summed E-state index contributed by atoms with van der Waals surface area (Å²) in [6.07, 6.45) is -2.67. The van der Waals surface area contributed by atoms with Gasteiger partial charge in [0.05, 0.1) is 17.8 Å². The third-order valence-corrected chi connectivity index (χ3v) is 6.40. The van der Waals surface area contributed by atoms with E-state index in [4.69, 9.17) is 0 Å². The number of hydrogen-bond donors (Lipinski definition) is 1. The molecule has 0 bridgehead atoms. The van der Waals surface area contributed by atoms with Gasteiger partial charge >= 0.3 is 6.18 Å². The molecule has 0 atom stereocenters. The highest BCUT2D eigenvalue weighted by Crippen LogP contribution is 2.33. The van der Waals surface area contributed by atoms with Gasteiger partial charge in [-0.2, -0.15) is 13.2 Å². The smallest absolute Gasteiger partial charge is 0.347 e. The van der Waals surface area contributed by atoms with Gasteiger partial charge in [0.25, 0.3) is 11.5 Å². The van der Waals surface area contributed by atoms with Crippen molar-refractivity contribution >= 4 is 17.2 Å². The third kappa shape index (κ3) is 5.43. The van der Waals surface area contributed by atoms with E-state index in [-0.39, 0.29) is 11.5 Å². The second-order valence-electron chi connectivity index (χ2n) is 7.67. The molecule has 0 spiro atoms. The normalized spacial score (nSPS) is 11.4. The Kier molecular flexibility index (Phi) is 6.65. The molecule has 0 saturated carbocycles. The van der Waals surface area contributed by atoms with Gasteiger partial charge in [-0.05, 0) is 36.2 Å². The molecule has 0 aliphatic carbocycles. The largest absolute Gasteiger partial charge is 0.416 e. The SMILES string of the molecule is Cc1nc(-c2ccc(C(F)(F)F)cc2)sc1C(=O)NCc1ccc(Cn2ccccc2=O)cc1. The van der Waals surface area contributed by atoms with Crippen LogP contribution in [0.1, 0.15) is 32.1 Å². The van der Waals surface area contributed by atoms with Crippen LogP contribution >= 0.6 is 11.3 Å². The van der Waals surface area contributed by atoms with E-state index in [2.05, 4.69) is 10.3 Å². The standard InChI is InChI=1S/C25H20F3N3O2S/c1-16-22(34-24(30-16)19-9-11-20(12-10-19)25(26,27)28)23(33)29-14-17-5-7-18(8-6-17)15-31-13-3-2-4-21(31)32/h2-13H,14-15H2,1H3,(H,29,33). The number of nitrogens with one attached hydrogen (secondary N) is 1. The van der Waals surface area contributed by atoms with E-state index in [1.165, 1.54) is 18.2 Å². The zero-order chi connectivity index (χ0) is 24.3. The molecule has 0 aliphatic heterocycles. The van der Waals surface area contributed by atoms with Crippen LogP contribution in [0.25, 0.3) is 10.6 Å². The van der Waals surface area contributed by atoms with Crippen molar-refractivity contribution in [2.75, 3.05) is 0 Å². The molecule has 0 radical (unpaired) electrons. The summed E-state index contributed by atoms with van der Waals surface area (Å²) in [5.74, 6) is -0.298. The van der Waals surface area contributed by atoms with Gasteiger partial charge in [-0.15, -0.1) is 11.3 Å². The van der Waals surface area contributed by atoms with Gasteiger partial charge in [-0.1, -0.05) is 42.5 Å². The molecule has 4 aromatic rings. The number of nitrogens with zero attached hydrogens (tertiary/aromatic N) is 2. The molecule has 4 rings (SSSR count). The average Bonchev–Trinajstić information content (AvgIpc) is 3.21. The van der Waals surface area contributed by atoms with Crippen LogP contribution < -0.4 is 10.9 Å². The molecule has 1 amide bonds. The number of carbonyl (C=O) groups excluding carboxylic acids is 1. The summed E-state index contributed by atoms with van der Waals surface area (Å²) in [4.78, 5) is 29.3. The Morgan fingerprint density at radius 3 is 2.32 bits per heavy atom. The van der Waals surface area contributed by atoms with Gasteiger partial charge in [0.2, 0.25) is 0 Å². The molecular formula is C25H20F3N3O2S. The number of amides is 1. The number of halogens is 3. The zero-order valence-electron chi connectivity index (χ0n) is 18.1. The quantitative estimate of drug-likeness (QED) is 0.406. The first-order valence-electron chi connectivity index (χ1n) is 10.4. The Hall–Kier alpha value is -3.72. The Labute approximate surface area is 197 Å². The Morgan fingerprint density at radius 2 is 1.68 bits per heavy atom. The zero-order valence-corrected chi connectivity index (χ0v) is 18.9. The van der Waals surface area contributed by atoms with Crippen LogP contribution in [-0.4, -0.2) is 15.5 Å². The van der Waals surface area contributed by atoms with Crippen molar-refractivity contribution in [1.29, 1.82) is 0 Å². The lowest BCUT2D eigenvalue weighted by Crippen LogP contribution is -2.22. The van der Waals surface area contributed by atoms with Crippen molar-refractivity contribution < 1.29 is 18.0 Å². The Balaban J connectivity index is 1.39. The topological polar surface area (TPSA) is 64.0 Å². The molecular weight excluding hydrogens is 463 g/mol. The fourth-order valence-corrected chi connectivity index (χ4v) is 4.33. The van der Waals surface area contributed by atoms with Gasteiger partial charge in [0.15, 0.2) is 0 Å². The van der Waals surface area contributed by atoms with Crippen LogP contribution in [0.4, 0.5) is 13.2 Å². The molecule has 0 saturated heterocycles. The van der Waals surface area contributed by atoms with Gasteiger partial charge < -0.3 is 9.88 Å². The van der Waals surface area contributed by atoms with E-state index in [1.807, 2.05) is 24.3 Å². The fraction of sp³-hybridized carbons (Fsp3) is 0.160. The second kappa shape index (κ2) is 9.64. The molecule has 0 fully saturated rings. The molecule has 0 aliphatic rings. The monoisotopic (exact) mass is 483 g/mol. The first-order chi connectivity index (χ1) is 16.2. The minimum atomic E-state index is -4.40. The van der Waals surface area contributed by atoms with Gasteiger partial charge in [-0.25, -0.2) is 4.98 Å². The third-order valence-electron chi connectivity index (χ3n) is 5.19. The van der Waals surface area contributed by atoms with Gasteiger partial charge in [0, 0.05) is 24.4 Å². The summed E-state index contributed by atoms with van der Waals surface area (Å²) in [5, 5.41) is 3.34. The summed E-state index contributed by atoms with van der Waals surface area (Å²) in [6.45, 7) is 2.45. The van der Waals surface area contributed by atoms with E-state index >= 15 is 0 Å². The minimum Gasteiger partial charge on any atom is -0.347 e. The van der Waals surface area contributed by atoms with E-state index in [0.717, 1.165) is 34.6 Å². The Bertz CT molecular complexity index is 1360. The lowest BCUT2D eigenvalue weighted by atomic mass is 10.1. The van der Waals surface area contributed by atoms with E-state index in [0.29, 0.717) is 34.2 Å². The van der Waals surface area contributed by atoms with Crippen LogP contribution in [0.3, 0.4) is 0 Å². The molecule has 0 unspecified atom stereocenters. The average molecular weight is 484 g/mol. The van der Waals surface area contributed by atoms with Crippen LogP contribution in [0.5, 0.6) is 0 Å². The summed E-state index contributed by atoms with van der Waals surface area (Å²) < 4.78 is 39.9. The maximum Gasteiger partial charge on any atom is 0.416 e. The Morgan fingerprint density at radius 1 is 1.00 bits per heavy atom. The van der Waals surface area contributed by atoms with E-state index in [9.17, 15) is 22.8 Å². The number of alkyl halides is 3. The summed E-state index contributed by atoms with van der Waals surface area (Å²) in [6, 6.07) is 17.3. The van der Waals surface area contributed by atoms with Crippen LogP contribution in [0.2, 0.25) is 0 Å². The van der Waals surface area contributed by atoms with Crippen molar-refractivity contribution in [2.24, 2.45) is 0 Å². The molecule has 174 valence electrons. The first kappa shape index (κ1) is 23.4. The molecule has 1 N–H and O–H groups in total. The summed E-state index contributed by atoms with van der Waals surface area (Å²) in [5.41, 5.74) is 2.08. The maximum atomic E-state index is 12.8. The molecule has 2 aromatic carbocycles. The second-order valence-corrected chi connectivity index (χ2v) is 8.67. The van der Waals surface area contributed by atoms with Gasteiger partial charge in [0.1, 0.15) is 9.88 Å². The molecule has 2 aromatic heterocycles. The maximum absolute atomic E-state index is 12.8. The summed E-state index contributed by atoms with van der Waals surface area (Å²) >= 11 is 1.14. The fourth-order valence-electron chi connectivity index (χ4n) is 3.35. The van der Waals surface area contributed by atoms with Crippen molar-refractivity contribution in [3.05, 3.63) is 111 Å². The number of hydrogen-bond acceptors (Lipinski definition) is 4. The van der Waals surface area contributed by atoms with Crippen LogP contribution in [0, 0.1) is 6.92 Å². The highest BCUT2D eigenvalue weighted by Gasteiger charge is 2.30. The van der Waals surface area contributed by atoms with Crippen molar-refractivity contribution in [3.63, 3.8) is 0 Å². The van der Waals surface area contributed by atoms with Gasteiger partial charge in [-0.3, -0.25) is 9.59 Å². The summed E-state index contributed by atoms with van der Waals surface area (Å²) in [7, 11) is 0. The number of carbonyl (C=O) groups is 1. The van der Waals surface area contributed by atoms with E-state index < -0.39 is 11.7 Å². The van der Waals surface area contributed by atoms with Crippen molar-refractivity contribution in [3.8, 4) is 10.6 Å². The number of pyridine rings is 1. The lowest BCUT2D eigenvalue weighted by molar-refractivity contribution is -0.137. The number of benzene rings is 2. The molecule has 2 heterocycles. The molecule has 34 heavy (non-hydrogen) atoms. The molecule has 5 nitrogen and oxygen atoms in total. The lowest BCUT2D eigenvalue weighted by Gasteiger charge is -2.08. The number of thiazole rings is 1. The first-order valence-corrected chi connectivity index (χ1v) is 11.2. The van der Waals surface area contributed by atoms with Crippen LogP contribution in [0.15, 0.2) is 77.7 Å². The predicted octanol–water partition coefficient (Wildman–Crippen LogP) is 5.28. The van der Waals surface area contributed by atoms with Crippen molar-refractivity contribution in [2.45, 2.75) is 26.2 Å². The van der Waals surface area contributed by atoms with E-state index in [1.54, 1.807) is 29.8 Å². The molecule has 9 heteroatoms. The minimum absolute atomic E-state index is 0.0746. The highest BCUT2D eigenvalue weighted by atomic mass is 32.1. The predicted molar refractivity (Wildman–Crippen MR) is 125 cm³/mol.